The molecule has 2 rings (SSSR count). The highest BCUT2D eigenvalue weighted by Gasteiger charge is 2.36. The van der Waals surface area contributed by atoms with Crippen molar-refractivity contribution in [2.75, 3.05) is 0 Å². The van der Waals surface area contributed by atoms with Gasteiger partial charge in [0.1, 0.15) is 0 Å². The van der Waals surface area contributed by atoms with Gasteiger partial charge in [0.25, 0.3) is 0 Å². The van der Waals surface area contributed by atoms with Crippen LogP contribution in [0.15, 0.2) is 24.3 Å². The molecule has 2 atom stereocenters. The average molecular weight is 192 g/mol. The Hall–Kier alpha value is -0.860. The zero-order valence-corrected chi connectivity index (χ0v) is 8.66. The van der Waals surface area contributed by atoms with Crippen molar-refractivity contribution in [1.29, 1.82) is 0 Å². The van der Waals surface area contributed by atoms with Crippen molar-refractivity contribution in [3.8, 4) is 0 Å². The molecule has 14 heavy (non-hydrogen) atoms. The highest BCUT2D eigenvalue weighted by atomic mass is 16.6. The fourth-order valence-corrected chi connectivity index (χ4v) is 1.94. The Morgan fingerprint density at radius 2 is 2.00 bits per heavy atom. The fourth-order valence-electron chi connectivity index (χ4n) is 1.94. The lowest BCUT2D eigenvalue weighted by atomic mass is 9.92. The number of rotatable bonds is 1. The maximum atomic E-state index is 9.36. The van der Waals surface area contributed by atoms with Crippen LogP contribution in [0.2, 0.25) is 0 Å². The predicted octanol–water partition coefficient (Wildman–Crippen LogP) is 2.34. The van der Waals surface area contributed by atoms with Gasteiger partial charge in [0.15, 0.2) is 6.29 Å². The molecule has 0 amide bonds. The minimum Gasteiger partial charge on any atom is -0.368 e. The van der Waals surface area contributed by atoms with Crippen LogP contribution in [0.5, 0.6) is 0 Å². The second-order valence-corrected chi connectivity index (χ2v) is 4.21. The van der Waals surface area contributed by atoms with Crippen LogP contribution in [0.1, 0.15) is 30.9 Å². The molecular formula is C12H16O2. The molecule has 2 heteroatoms. The second kappa shape index (κ2) is 3.37. The molecule has 76 valence electrons. The van der Waals surface area contributed by atoms with E-state index in [2.05, 4.69) is 31.2 Å². The molecule has 1 aliphatic rings. The largest absolute Gasteiger partial charge is 0.368 e. The topological polar surface area (TPSA) is 29.5 Å². The fraction of sp³-hybridized carbons (Fsp3) is 0.500. The number of hydrogen-bond donors (Lipinski definition) is 1. The van der Waals surface area contributed by atoms with E-state index in [1.165, 1.54) is 5.56 Å². The van der Waals surface area contributed by atoms with E-state index >= 15 is 0 Å². The van der Waals surface area contributed by atoms with Gasteiger partial charge in [-0.2, -0.15) is 0 Å². The van der Waals surface area contributed by atoms with Crippen molar-refractivity contribution in [3.63, 3.8) is 0 Å². The minimum atomic E-state index is -0.596. The molecule has 0 saturated carbocycles. The number of hydrogen-bond acceptors (Lipinski definition) is 2. The van der Waals surface area contributed by atoms with E-state index in [4.69, 9.17) is 4.74 Å². The van der Waals surface area contributed by atoms with Crippen LogP contribution in [0, 0.1) is 6.92 Å². The normalized spacial score (nSPS) is 32.1. The van der Waals surface area contributed by atoms with Crippen LogP contribution in [-0.4, -0.2) is 11.4 Å². The van der Waals surface area contributed by atoms with Gasteiger partial charge in [-0.1, -0.05) is 29.8 Å². The van der Waals surface area contributed by atoms with Gasteiger partial charge in [0.05, 0.1) is 5.60 Å². The number of aryl methyl sites for hydroxylation is 1. The van der Waals surface area contributed by atoms with Crippen LogP contribution in [0.4, 0.5) is 0 Å². The SMILES string of the molecule is Cc1ccc(C2(C)CCC(O)O2)cc1. The zero-order chi connectivity index (χ0) is 10.2. The zero-order valence-electron chi connectivity index (χ0n) is 8.66. The molecule has 1 aliphatic heterocycles. The first kappa shape index (κ1) is 9.69. The molecule has 2 unspecified atom stereocenters. The van der Waals surface area contributed by atoms with Crippen LogP contribution >= 0.6 is 0 Å². The standard InChI is InChI=1S/C12H16O2/c1-9-3-5-10(6-4-9)12(2)8-7-11(13)14-12/h3-6,11,13H,7-8H2,1-2H3. The quantitative estimate of drug-likeness (QED) is 0.740. The highest BCUT2D eigenvalue weighted by molar-refractivity contribution is 5.26. The summed E-state index contributed by atoms with van der Waals surface area (Å²) in [5.41, 5.74) is 2.10. The molecule has 1 heterocycles. The van der Waals surface area contributed by atoms with Gasteiger partial charge in [0, 0.05) is 6.42 Å². The smallest absolute Gasteiger partial charge is 0.155 e. The Morgan fingerprint density at radius 3 is 2.50 bits per heavy atom. The van der Waals surface area contributed by atoms with Crippen molar-refractivity contribution in [2.45, 2.75) is 38.6 Å². The second-order valence-electron chi connectivity index (χ2n) is 4.21. The van der Waals surface area contributed by atoms with Crippen molar-refractivity contribution >= 4 is 0 Å². The molecule has 2 nitrogen and oxygen atoms in total. The molecule has 1 N–H and O–H groups in total. The number of aliphatic hydroxyl groups is 1. The number of ether oxygens (including phenoxy) is 1. The van der Waals surface area contributed by atoms with Gasteiger partial charge < -0.3 is 9.84 Å². The van der Waals surface area contributed by atoms with Gasteiger partial charge in [-0.15, -0.1) is 0 Å². The van der Waals surface area contributed by atoms with E-state index in [1.807, 2.05) is 6.92 Å². The van der Waals surface area contributed by atoms with Crippen LogP contribution in [0.25, 0.3) is 0 Å². The Kier molecular flexibility index (Phi) is 2.33. The van der Waals surface area contributed by atoms with Gasteiger partial charge in [-0.05, 0) is 25.8 Å². The van der Waals surface area contributed by atoms with Crippen LogP contribution in [-0.2, 0) is 10.3 Å². The number of benzene rings is 1. The van der Waals surface area contributed by atoms with Gasteiger partial charge >= 0.3 is 0 Å². The van der Waals surface area contributed by atoms with E-state index < -0.39 is 6.29 Å². The summed E-state index contributed by atoms with van der Waals surface area (Å²) in [5, 5.41) is 9.36. The predicted molar refractivity (Wildman–Crippen MR) is 54.9 cm³/mol. The molecule has 0 aliphatic carbocycles. The maximum absolute atomic E-state index is 9.36. The molecule has 1 fully saturated rings. The molecule has 1 aromatic carbocycles. The third kappa shape index (κ3) is 1.68. The van der Waals surface area contributed by atoms with E-state index in [0.29, 0.717) is 0 Å². The van der Waals surface area contributed by atoms with Gasteiger partial charge in [0.2, 0.25) is 0 Å². The molecular weight excluding hydrogens is 176 g/mol. The van der Waals surface area contributed by atoms with Crippen molar-refractivity contribution < 1.29 is 9.84 Å². The van der Waals surface area contributed by atoms with E-state index in [-0.39, 0.29) is 5.60 Å². The molecule has 1 aromatic rings. The van der Waals surface area contributed by atoms with Crippen LogP contribution in [0.3, 0.4) is 0 Å². The summed E-state index contributed by atoms with van der Waals surface area (Å²) >= 11 is 0. The molecule has 0 aromatic heterocycles. The lowest BCUT2D eigenvalue weighted by molar-refractivity contribution is -0.133. The van der Waals surface area contributed by atoms with E-state index in [0.717, 1.165) is 18.4 Å². The van der Waals surface area contributed by atoms with Crippen molar-refractivity contribution in [2.24, 2.45) is 0 Å². The Labute approximate surface area is 84.5 Å². The summed E-state index contributed by atoms with van der Waals surface area (Å²) in [4.78, 5) is 0. The summed E-state index contributed by atoms with van der Waals surface area (Å²) < 4.78 is 5.53. The summed E-state index contributed by atoms with van der Waals surface area (Å²) in [6.07, 6.45) is 1.02. The Morgan fingerprint density at radius 1 is 1.36 bits per heavy atom. The first-order valence-electron chi connectivity index (χ1n) is 5.03. The summed E-state index contributed by atoms with van der Waals surface area (Å²) in [7, 11) is 0. The molecule has 0 spiro atoms. The Balaban J connectivity index is 2.26. The average Bonchev–Trinajstić information content (AvgIpc) is 2.48. The van der Waals surface area contributed by atoms with Gasteiger partial charge in [-0.25, -0.2) is 0 Å². The van der Waals surface area contributed by atoms with E-state index in [9.17, 15) is 5.11 Å². The minimum absolute atomic E-state index is 0.298. The first-order valence-corrected chi connectivity index (χ1v) is 5.03. The lowest BCUT2D eigenvalue weighted by Crippen LogP contribution is -2.22. The summed E-state index contributed by atoms with van der Waals surface area (Å²) in [6, 6.07) is 8.31. The monoisotopic (exact) mass is 192 g/mol. The molecule has 0 bridgehead atoms. The first-order chi connectivity index (χ1) is 6.60. The third-order valence-corrected chi connectivity index (χ3v) is 2.93. The Bertz CT molecular complexity index is 318. The maximum Gasteiger partial charge on any atom is 0.155 e. The highest BCUT2D eigenvalue weighted by Crippen LogP contribution is 2.37. The van der Waals surface area contributed by atoms with Gasteiger partial charge in [-0.3, -0.25) is 0 Å². The van der Waals surface area contributed by atoms with Crippen LogP contribution < -0.4 is 0 Å². The molecule has 1 saturated heterocycles. The summed E-state index contributed by atoms with van der Waals surface area (Å²) in [6.45, 7) is 4.10. The number of aliphatic hydroxyl groups excluding tert-OH is 1. The van der Waals surface area contributed by atoms with E-state index in [1.54, 1.807) is 0 Å². The third-order valence-electron chi connectivity index (χ3n) is 2.93. The molecule has 0 radical (unpaired) electrons. The van der Waals surface area contributed by atoms with Crippen molar-refractivity contribution in [1.82, 2.24) is 0 Å². The lowest BCUT2D eigenvalue weighted by Gasteiger charge is -2.24. The summed E-state index contributed by atoms with van der Waals surface area (Å²) in [5.74, 6) is 0. The van der Waals surface area contributed by atoms with Crippen molar-refractivity contribution in [3.05, 3.63) is 35.4 Å².